The fourth-order valence-electron chi connectivity index (χ4n) is 3.30. The highest BCUT2D eigenvalue weighted by Crippen LogP contribution is 2.19. The van der Waals surface area contributed by atoms with E-state index in [1.54, 1.807) is 12.3 Å². The molecule has 3 N–H and O–H groups in total. The van der Waals surface area contributed by atoms with Crippen LogP contribution in [0.4, 0.5) is 5.69 Å². The normalized spacial score (nSPS) is 17.4. The monoisotopic (exact) mass is 349 g/mol. The van der Waals surface area contributed by atoms with Gasteiger partial charge in [0.25, 0.3) is 0 Å². The zero-order valence-electron chi connectivity index (χ0n) is 14.7. The summed E-state index contributed by atoms with van der Waals surface area (Å²) in [7, 11) is 0. The van der Waals surface area contributed by atoms with Gasteiger partial charge in [-0.15, -0.1) is 0 Å². The molecule has 0 spiro atoms. The zero-order chi connectivity index (χ0) is 18.4. The number of likely N-dealkylation sites (tertiary alicyclic amines) is 1. The highest BCUT2D eigenvalue weighted by molar-refractivity contribution is 5.76. The molecule has 26 heavy (non-hydrogen) atoms. The average molecular weight is 349 g/mol. The standard InChI is InChI=1S/C20H23N5O/c21-10-18-6-7-19(12-24-18)23-11-15-3-1-4-16(9-15)13-25-8-2-5-17(14-25)20(22)26/h1,3-4,6-7,9,12,17,23H,2,5,8,11,13-14H2,(H2,22,26)/t17-/m0/s1. The highest BCUT2D eigenvalue weighted by atomic mass is 16.1. The van der Waals surface area contributed by atoms with Crippen molar-refractivity contribution in [2.75, 3.05) is 18.4 Å². The number of hydrogen-bond donors (Lipinski definition) is 2. The molecular formula is C20H23N5O. The highest BCUT2D eigenvalue weighted by Gasteiger charge is 2.23. The number of nitrogens with two attached hydrogens (primary N) is 1. The van der Waals surface area contributed by atoms with E-state index in [0.717, 1.165) is 38.2 Å². The summed E-state index contributed by atoms with van der Waals surface area (Å²) in [6, 6.07) is 14.0. The second-order valence-electron chi connectivity index (χ2n) is 6.69. The van der Waals surface area contributed by atoms with Crippen LogP contribution in [-0.2, 0) is 17.9 Å². The lowest BCUT2D eigenvalue weighted by Gasteiger charge is -2.31. The van der Waals surface area contributed by atoms with Crippen LogP contribution in [-0.4, -0.2) is 28.9 Å². The van der Waals surface area contributed by atoms with E-state index in [4.69, 9.17) is 11.0 Å². The van der Waals surface area contributed by atoms with Crippen molar-refractivity contribution in [1.82, 2.24) is 9.88 Å². The number of nitrogens with one attached hydrogen (secondary N) is 1. The number of benzene rings is 1. The molecule has 1 aliphatic heterocycles. The van der Waals surface area contributed by atoms with Gasteiger partial charge >= 0.3 is 0 Å². The fraction of sp³-hybridized carbons (Fsp3) is 0.350. The maximum absolute atomic E-state index is 11.4. The number of piperidine rings is 1. The Morgan fingerprint density at radius 1 is 1.35 bits per heavy atom. The van der Waals surface area contributed by atoms with E-state index < -0.39 is 0 Å². The number of nitriles is 1. The third-order valence-electron chi connectivity index (χ3n) is 4.68. The van der Waals surface area contributed by atoms with E-state index in [1.807, 2.05) is 12.1 Å². The smallest absolute Gasteiger partial charge is 0.221 e. The lowest BCUT2D eigenvalue weighted by Crippen LogP contribution is -2.40. The summed E-state index contributed by atoms with van der Waals surface area (Å²) in [6.07, 6.45) is 3.58. The maximum Gasteiger partial charge on any atom is 0.221 e. The number of hydrogen-bond acceptors (Lipinski definition) is 5. The number of rotatable bonds is 6. The molecule has 1 amide bonds. The average Bonchev–Trinajstić information content (AvgIpc) is 2.67. The van der Waals surface area contributed by atoms with Gasteiger partial charge in [0.2, 0.25) is 5.91 Å². The first-order valence-electron chi connectivity index (χ1n) is 8.83. The summed E-state index contributed by atoms with van der Waals surface area (Å²) in [5.74, 6) is -0.221. The number of carbonyl (C=O) groups excluding carboxylic acids is 1. The van der Waals surface area contributed by atoms with Crippen molar-refractivity contribution >= 4 is 11.6 Å². The van der Waals surface area contributed by atoms with Crippen LogP contribution in [0, 0.1) is 17.2 Å². The molecular weight excluding hydrogens is 326 g/mol. The van der Waals surface area contributed by atoms with Crippen LogP contribution in [0.1, 0.15) is 29.7 Å². The first kappa shape index (κ1) is 17.9. The van der Waals surface area contributed by atoms with Crippen molar-refractivity contribution in [3.8, 4) is 6.07 Å². The van der Waals surface area contributed by atoms with Gasteiger partial charge in [-0.3, -0.25) is 9.69 Å². The third kappa shape index (κ3) is 4.80. The second kappa shape index (κ2) is 8.45. The molecule has 1 aromatic heterocycles. The van der Waals surface area contributed by atoms with E-state index in [9.17, 15) is 4.79 Å². The number of amides is 1. The summed E-state index contributed by atoms with van der Waals surface area (Å²) in [4.78, 5) is 17.8. The van der Waals surface area contributed by atoms with Crippen LogP contribution in [0.3, 0.4) is 0 Å². The predicted octanol–water partition coefficient (Wildman–Crippen LogP) is 2.26. The lowest BCUT2D eigenvalue weighted by atomic mass is 9.97. The number of aromatic nitrogens is 1. The Bertz CT molecular complexity index is 797. The molecule has 1 fully saturated rings. The van der Waals surface area contributed by atoms with Crippen LogP contribution in [0.2, 0.25) is 0 Å². The Hall–Kier alpha value is -2.91. The molecule has 1 aliphatic rings. The molecule has 6 nitrogen and oxygen atoms in total. The summed E-state index contributed by atoms with van der Waals surface area (Å²) >= 11 is 0. The van der Waals surface area contributed by atoms with Gasteiger partial charge in [0.05, 0.1) is 17.8 Å². The summed E-state index contributed by atoms with van der Waals surface area (Å²) in [5, 5.41) is 12.1. The summed E-state index contributed by atoms with van der Waals surface area (Å²) in [5.41, 5.74) is 9.16. The van der Waals surface area contributed by atoms with E-state index in [1.165, 1.54) is 11.1 Å². The second-order valence-corrected chi connectivity index (χ2v) is 6.69. The van der Waals surface area contributed by atoms with Crippen LogP contribution < -0.4 is 11.1 Å². The minimum atomic E-state index is -0.191. The number of carbonyl (C=O) groups is 1. The van der Waals surface area contributed by atoms with Gasteiger partial charge in [0.1, 0.15) is 11.8 Å². The van der Waals surface area contributed by atoms with E-state index in [2.05, 4.69) is 39.5 Å². The molecule has 0 radical (unpaired) electrons. The lowest BCUT2D eigenvalue weighted by molar-refractivity contribution is -0.123. The van der Waals surface area contributed by atoms with Crippen molar-refractivity contribution in [1.29, 1.82) is 5.26 Å². The molecule has 0 unspecified atom stereocenters. The van der Waals surface area contributed by atoms with Crippen LogP contribution in [0.5, 0.6) is 0 Å². The van der Waals surface area contributed by atoms with Crippen molar-refractivity contribution in [2.45, 2.75) is 25.9 Å². The van der Waals surface area contributed by atoms with E-state index >= 15 is 0 Å². The Morgan fingerprint density at radius 2 is 2.19 bits per heavy atom. The third-order valence-corrected chi connectivity index (χ3v) is 4.68. The molecule has 1 saturated heterocycles. The SMILES string of the molecule is N#Cc1ccc(NCc2cccc(CN3CCC[C@H](C(N)=O)C3)c2)cn1. The van der Waals surface area contributed by atoms with Gasteiger partial charge in [-0.05, 0) is 42.6 Å². The Kier molecular flexibility index (Phi) is 5.82. The van der Waals surface area contributed by atoms with Crippen molar-refractivity contribution in [2.24, 2.45) is 11.7 Å². The number of anilines is 1. The molecule has 2 heterocycles. The predicted molar refractivity (Wildman–Crippen MR) is 99.9 cm³/mol. The van der Waals surface area contributed by atoms with Gasteiger partial charge in [-0.1, -0.05) is 24.3 Å². The van der Waals surface area contributed by atoms with Gasteiger partial charge in [0.15, 0.2) is 0 Å². The fourth-order valence-corrected chi connectivity index (χ4v) is 3.30. The van der Waals surface area contributed by atoms with Crippen LogP contribution in [0.25, 0.3) is 0 Å². The number of nitrogens with zero attached hydrogens (tertiary/aromatic N) is 3. The minimum Gasteiger partial charge on any atom is -0.380 e. The van der Waals surface area contributed by atoms with Crippen LogP contribution >= 0.6 is 0 Å². The van der Waals surface area contributed by atoms with Crippen molar-refractivity contribution in [3.05, 3.63) is 59.4 Å². The number of pyridine rings is 1. The Morgan fingerprint density at radius 3 is 2.92 bits per heavy atom. The van der Waals surface area contributed by atoms with Gasteiger partial charge < -0.3 is 11.1 Å². The van der Waals surface area contributed by atoms with Crippen LogP contribution in [0.15, 0.2) is 42.6 Å². The summed E-state index contributed by atoms with van der Waals surface area (Å²) < 4.78 is 0. The topological polar surface area (TPSA) is 95.0 Å². The first-order chi connectivity index (χ1) is 12.6. The van der Waals surface area contributed by atoms with Crippen molar-refractivity contribution in [3.63, 3.8) is 0 Å². The molecule has 3 rings (SSSR count). The van der Waals surface area contributed by atoms with E-state index in [0.29, 0.717) is 12.2 Å². The molecule has 6 heteroatoms. The molecule has 2 aromatic rings. The van der Waals surface area contributed by atoms with Gasteiger partial charge in [0, 0.05) is 19.6 Å². The largest absolute Gasteiger partial charge is 0.380 e. The Balaban J connectivity index is 1.57. The van der Waals surface area contributed by atoms with Gasteiger partial charge in [-0.2, -0.15) is 5.26 Å². The zero-order valence-corrected chi connectivity index (χ0v) is 14.7. The van der Waals surface area contributed by atoms with E-state index in [-0.39, 0.29) is 11.8 Å². The molecule has 0 saturated carbocycles. The number of primary amides is 1. The molecule has 1 atom stereocenters. The molecule has 1 aromatic carbocycles. The molecule has 0 aliphatic carbocycles. The molecule has 134 valence electrons. The van der Waals surface area contributed by atoms with Crippen molar-refractivity contribution < 1.29 is 4.79 Å². The maximum atomic E-state index is 11.4. The molecule has 0 bridgehead atoms. The first-order valence-corrected chi connectivity index (χ1v) is 8.83. The quantitative estimate of drug-likeness (QED) is 0.834. The van der Waals surface area contributed by atoms with Gasteiger partial charge in [-0.25, -0.2) is 4.98 Å². The minimum absolute atomic E-state index is 0.0301. The Labute approximate surface area is 153 Å². The summed E-state index contributed by atoms with van der Waals surface area (Å²) in [6.45, 7) is 3.26.